The Kier molecular flexibility index (Phi) is 5.84. The zero-order valence-electron chi connectivity index (χ0n) is 16.2. The molecular weight excluding hydrogens is 326 g/mol. The molecule has 142 valence electrons. The van der Waals surface area contributed by atoms with Crippen LogP contribution < -0.4 is 10.6 Å². The highest BCUT2D eigenvalue weighted by atomic mass is 16.2. The number of anilines is 1. The molecule has 2 fully saturated rings. The van der Waals surface area contributed by atoms with Crippen LogP contribution in [-0.4, -0.2) is 42.9 Å². The van der Waals surface area contributed by atoms with E-state index in [0.29, 0.717) is 23.3 Å². The van der Waals surface area contributed by atoms with Gasteiger partial charge in [-0.25, -0.2) is 0 Å². The van der Waals surface area contributed by atoms with Crippen molar-refractivity contribution in [3.8, 4) is 0 Å². The number of hydrogen-bond donors (Lipinski definition) is 2. The van der Waals surface area contributed by atoms with Gasteiger partial charge in [-0.15, -0.1) is 0 Å². The van der Waals surface area contributed by atoms with E-state index >= 15 is 0 Å². The van der Waals surface area contributed by atoms with Crippen molar-refractivity contribution in [2.75, 3.05) is 31.5 Å². The summed E-state index contributed by atoms with van der Waals surface area (Å²) in [5.41, 5.74) is 2.59. The topological polar surface area (TPSA) is 61.4 Å². The Morgan fingerprint density at radius 1 is 1.15 bits per heavy atom. The molecule has 2 atom stereocenters. The summed E-state index contributed by atoms with van der Waals surface area (Å²) in [6, 6.07) is 5.73. The van der Waals surface area contributed by atoms with E-state index in [2.05, 4.69) is 24.5 Å². The summed E-state index contributed by atoms with van der Waals surface area (Å²) in [7, 11) is 0. The Balaban J connectivity index is 1.60. The molecule has 1 aliphatic heterocycles. The molecule has 5 nitrogen and oxygen atoms in total. The molecule has 5 heteroatoms. The van der Waals surface area contributed by atoms with Crippen LogP contribution in [0.15, 0.2) is 18.2 Å². The molecule has 1 heterocycles. The van der Waals surface area contributed by atoms with E-state index in [0.717, 1.165) is 30.9 Å². The van der Waals surface area contributed by atoms with Gasteiger partial charge in [0.25, 0.3) is 5.91 Å². The second-order valence-corrected chi connectivity index (χ2v) is 8.29. The van der Waals surface area contributed by atoms with Gasteiger partial charge < -0.3 is 15.5 Å². The Hall–Kier alpha value is -2.04. The van der Waals surface area contributed by atoms with E-state index in [1.165, 1.54) is 19.3 Å². The molecule has 2 amide bonds. The standard InChI is InChI=1S/C21H31N3O2/c1-14-8-15(2)13-24(12-14)21(26)18-7-4-16(3)19(9-18)22-11-20(25)23-10-17-5-6-17/h4,7,9,14-15,17,22H,5-6,8,10-13H2,1-3H3,(H,23,25). The molecule has 1 saturated heterocycles. The van der Waals surface area contributed by atoms with Crippen molar-refractivity contribution in [1.29, 1.82) is 0 Å². The predicted molar refractivity (Wildman–Crippen MR) is 104 cm³/mol. The summed E-state index contributed by atoms with van der Waals surface area (Å²) >= 11 is 0. The predicted octanol–water partition coefficient (Wildman–Crippen LogP) is 3.05. The van der Waals surface area contributed by atoms with Crippen LogP contribution in [0.1, 0.15) is 49.0 Å². The number of likely N-dealkylation sites (tertiary alicyclic amines) is 1. The lowest BCUT2D eigenvalue weighted by molar-refractivity contribution is -0.119. The van der Waals surface area contributed by atoms with E-state index in [1.54, 1.807) is 0 Å². The van der Waals surface area contributed by atoms with Crippen molar-refractivity contribution in [3.05, 3.63) is 29.3 Å². The molecule has 2 aliphatic rings. The summed E-state index contributed by atoms with van der Waals surface area (Å²) in [5.74, 6) is 1.86. The van der Waals surface area contributed by atoms with Gasteiger partial charge in [-0.1, -0.05) is 19.9 Å². The van der Waals surface area contributed by atoms with Gasteiger partial charge in [-0.2, -0.15) is 0 Å². The fraction of sp³-hybridized carbons (Fsp3) is 0.619. The summed E-state index contributed by atoms with van der Waals surface area (Å²) in [5, 5.41) is 6.15. The van der Waals surface area contributed by atoms with E-state index in [4.69, 9.17) is 0 Å². The number of piperidine rings is 1. The third kappa shape index (κ3) is 4.99. The number of hydrogen-bond acceptors (Lipinski definition) is 3. The fourth-order valence-corrected chi connectivity index (χ4v) is 3.77. The molecule has 1 aromatic rings. The molecule has 1 saturated carbocycles. The van der Waals surface area contributed by atoms with Crippen molar-refractivity contribution < 1.29 is 9.59 Å². The van der Waals surface area contributed by atoms with Crippen LogP contribution in [0, 0.1) is 24.7 Å². The van der Waals surface area contributed by atoms with Gasteiger partial charge in [0.2, 0.25) is 5.91 Å². The van der Waals surface area contributed by atoms with Crippen LogP contribution >= 0.6 is 0 Å². The van der Waals surface area contributed by atoms with Crippen LogP contribution in [0.2, 0.25) is 0 Å². The highest BCUT2D eigenvalue weighted by molar-refractivity contribution is 5.95. The Labute approximate surface area is 156 Å². The summed E-state index contributed by atoms with van der Waals surface area (Å²) in [6.45, 7) is 9.07. The zero-order valence-corrected chi connectivity index (χ0v) is 16.2. The molecule has 1 aromatic carbocycles. The molecule has 0 spiro atoms. The van der Waals surface area contributed by atoms with Gasteiger partial charge in [0.05, 0.1) is 6.54 Å². The number of nitrogens with one attached hydrogen (secondary N) is 2. The van der Waals surface area contributed by atoms with Crippen LogP contribution in [-0.2, 0) is 4.79 Å². The van der Waals surface area contributed by atoms with Gasteiger partial charge in [-0.3, -0.25) is 9.59 Å². The lowest BCUT2D eigenvalue weighted by Gasteiger charge is -2.35. The normalized spacial score (nSPS) is 22.8. The van der Waals surface area contributed by atoms with Gasteiger partial charge >= 0.3 is 0 Å². The number of carbonyl (C=O) groups is 2. The lowest BCUT2D eigenvalue weighted by Crippen LogP contribution is -2.42. The fourth-order valence-electron chi connectivity index (χ4n) is 3.77. The van der Waals surface area contributed by atoms with Crippen molar-refractivity contribution in [2.24, 2.45) is 17.8 Å². The van der Waals surface area contributed by atoms with Crippen LogP contribution in [0.25, 0.3) is 0 Å². The van der Waals surface area contributed by atoms with Gasteiger partial charge in [0.15, 0.2) is 0 Å². The maximum Gasteiger partial charge on any atom is 0.253 e. The zero-order chi connectivity index (χ0) is 18.7. The molecular formula is C21H31N3O2. The average molecular weight is 357 g/mol. The van der Waals surface area contributed by atoms with Gasteiger partial charge in [-0.05, 0) is 61.6 Å². The second kappa shape index (κ2) is 8.11. The van der Waals surface area contributed by atoms with Crippen molar-refractivity contribution in [1.82, 2.24) is 10.2 Å². The molecule has 3 rings (SSSR count). The number of amides is 2. The minimum absolute atomic E-state index is 0.00621. The first kappa shape index (κ1) is 18.7. The van der Waals surface area contributed by atoms with Gasteiger partial charge in [0.1, 0.15) is 0 Å². The summed E-state index contributed by atoms with van der Waals surface area (Å²) < 4.78 is 0. The molecule has 2 unspecified atom stereocenters. The van der Waals surface area contributed by atoms with Crippen LogP contribution in [0.4, 0.5) is 5.69 Å². The van der Waals surface area contributed by atoms with Crippen LogP contribution in [0.3, 0.4) is 0 Å². The number of carbonyl (C=O) groups excluding carboxylic acids is 2. The van der Waals surface area contributed by atoms with Crippen molar-refractivity contribution in [3.63, 3.8) is 0 Å². The quantitative estimate of drug-likeness (QED) is 0.823. The van der Waals surface area contributed by atoms with E-state index < -0.39 is 0 Å². The average Bonchev–Trinajstić information content (AvgIpc) is 3.42. The number of rotatable bonds is 6. The first-order valence-electron chi connectivity index (χ1n) is 9.83. The summed E-state index contributed by atoms with van der Waals surface area (Å²) in [6.07, 6.45) is 3.63. The first-order chi connectivity index (χ1) is 12.4. The monoisotopic (exact) mass is 357 g/mol. The third-order valence-electron chi connectivity index (χ3n) is 5.36. The Morgan fingerprint density at radius 3 is 2.50 bits per heavy atom. The molecule has 2 N–H and O–H groups in total. The lowest BCUT2D eigenvalue weighted by atomic mass is 9.91. The second-order valence-electron chi connectivity index (χ2n) is 8.29. The Bertz CT molecular complexity index is 659. The summed E-state index contributed by atoms with van der Waals surface area (Å²) in [4.78, 5) is 26.8. The third-order valence-corrected chi connectivity index (χ3v) is 5.36. The number of aryl methyl sites for hydroxylation is 1. The van der Waals surface area contributed by atoms with E-state index in [9.17, 15) is 9.59 Å². The number of benzene rings is 1. The molecule has 26 heavy (non-hydrogen) atoms. The molecule has 0 bridgehead atoms. The molecule has 1 aliphatic carbocycles. The minimum atomic E-state index is 0.00621. The largest absolute Gasteiger partial charge is 0.376 e. The van der Waals surface area contributed by atoms with Crippen molar-refractivity contribution >= 4 is 17.5 Å². The number of nitrogens with zero attached hydrogens (tertiary/aromatic N) is 1. The highest BCUT2D eigenvalue weighted by Crippen LogP contribution is 2.27. The maximum atomic E-state index is 12.9. The van der Waals surface area contributed by atoms with Crippen LogP contribution in [0.5, 0.6) is 0 Å². The first-order valence-corrected chi connectivity index (χ1v) is 9.83. The van der Waals surface area contributed by atoms with Crippen molar-refractivity contribution in [2.45, 2.75) is 40.0 Å². The highest BCUT2D eigenvalue weighted by Gasteiger charge is 2.26. The molecule has 0 radical (unpaired) electrons. The molecule has 0 aromatic heterocycles. The van der Waals surface area contributed by atoms with E-state index in [-0.39, 0.29) is 18.4 Å². The Morgan fingerprint density at radius 2 is 1.85 bits per heavy atom. The van der Waals surface area contributed by atoms with Gasteiger partial charge in [0, 0.05) is 30.9 Å². The smallest absolute Gasteiger partial charge is 0.253 e. The SMILES string of the molecule is Cc1ccc(C(=O)N2CC(C)CC(C)C2)cc1NCC(=O)NCC1CC1. The maximum absolute atomic E-state index is 12.9. The van der Waals surface area contributed by atoms with E-state index in [1.807, 2.05) is 30.0 Å². The minimum Gasteiger partial charge on any atom is -0.376 e.